The Morgan fingerprint density at radius 3 is 2.34 bits per heavy atom. The fourth-order valence-corrected chi connectivity index (χ4v) is 10.3. The highest BCUT2D eigenvalue weighted by atomic mass is 32.1. The molecule has 2 saturated heterocycles. The molecule has 1 saturated carbocycles. The summed E-state index contributed by atoms with van der Waals surface area (Å²) in [6.07, 6.45) is 2.70. The van der Waals surface area contributed by atoms with Crippen molar-refractivity contribution < 1.29 is 42.3 Å². The van der Waals surface area contributed by atoms with E-state index in [9.17, 15) is 42.3 Å². The van der Waals surface area contributed by atoms with E-state index in [1.165, 1.54) is 17.4 Å². The maximum absolute atomic E-state index is 13.4. The number of amides is 5. The molecule has 322 valence electrons. The van der Waals surface area contributed by atoms with Crippen LogP contribution in [0, 0.1) is 11.8 Å². The molecular weight excluding hydrogens is 812 g/mol. The maximum Gasteiger partial charge on any atom is 0.433 e. The lowest BCUT2D eigenvalue weighted by molar-refractivity contribution is -0.141. The van der Waals surface area contributed by atoms with Gasteiger partial charge >= 0.3 is 6.18 Å². The van der Waals surface area contributed by atoms with E-state index >= 15 is 0 Å². The first-order valence-corrected chi connectivity index (χ1v) is 21.7. The Kier molecular flexibility index (Phi) is 11.8. The number of hydrogen-bond donors (Lipinski definition) is 4. The molecule has 4 N–H and O–H groups in total. The molecule has 1 atom stereocenters. The van der Waals surface area contributed by atoms with Crippen LogP contribution in [0.2, 0.25) is 0 Å². The van der Waals surface area contributed by atoms with E-state index in [-0.39, 0.29) is 41.3 Å². The van der Waals surface area contributed by atoms with Crippen LogP contribution >= 0.6 is 11.3 Å². The molecule has 0 spiro atoms. The number of anilines is 2. The molecule has 5 heterocycles. The minimum absolute atomic E-state index is 0.0709. The van der Waals surface area contributed by atoms with Gasteiger partial charge < -0.3 is 20.6 Å². The van der Waals surface area contributed by atoms with Crippen LogP contribution in [0.5, 0.6) is 0 Å². The molecule has 4 aliphatic rings. The maximum atomic E-state index is 13.4. The summed E-state index contributed by atoms with van der Waals surface area (Å²) in [7, 11) is 0. The number of aromatic nitrogens is 2. The second kappa shape index (κ2) is 16.9. The number of nitrogens with one attached hydrogen (secondary N) is 3. The quantitative estimate of drug-likeness (QED) is 0.114. The van der Waals surface area contributed by atoms with Crippen LogP contribution in [0.3, 0.4) is 0 Å². The standard InChI is InChI=1S/C44H48F3N7O6S/c1-43(2,60)28-21-32-34(22-31(28)50-38(56)30-7-4-8-35(49-30)44(45,46)47)61-40(51-32)26-11-9-25(10-12-26)23-53-19-16-24(17-20-53)15-18-48-29-6-3-5-27-37(29)42(59)54(41(27)58)33-13-14-36(55)52-39(33)57/h3-8,21-22,24-26,33,48,60H,9-20,23H2,1-2H3,(H,50,56)(H,52,55,57)/t25-,26-,33-/m1/s1. The van der Waals surface area contributed by atoms with Crippen LogP contribution in [0.1, 0.15) is 125 Å². The third-order valence-electron chi connectivity index (χ3n) is 12.5. The first-order valence-electron chi connectivity index (χ1n) is 20.9. The largest absolute Gasteiger partial charge is 0.433 e. The number of imide groups is 2. The third-order valence-corrected chi connectivity index (χ3v) is 13.7. The minimum Gasteiger partial charge on any atom is -0.386 e. The number of likely N-dealkylation sites (tertiary alicyclic amines) is 1. The summed E-state index contributed by atoms with van der Waals surface area (Å²) in [6.45, 7) is 6.88. The monoisotopic (exact) mass is 859 g/mol. The van der Waals surface area contributed by atoms with Gasteiger partial charge in [0.25, 0.3) is 17.7 Å². The van der Waals surface area contributed by atoms with Crippen LogP contribution in [-0.2, 0) is 21.4 Å². The van der Waals surface area contributed by atoms with Crippen molar-refractivity contribution in [1.82, 2.24) is 25.1 Å². The molecule has 61 heavy (non-hydrogen) atoms. The van der Waals surface area contributed by atoms with Gasteiger partial charge in [-0.3, -0.25) is 34.2 Å². The number of fused-ring (bicyclic) bond motifs is 2. The van der Waals surface area contributed by atoms with Gasteiger partial charge in [0, 0.05) is 42.4 Å². The predicted molar refractivity (Wildman–Crippen MR) is 222 cm³/mol. The molecule has 1 aliphatic carbocycles. The van der Waals surface area contributed by atoms with Crippen LogP contribution in [0.25, 0.3) is 10.2 Å². The first kappa shape index (κ1) is 42.4. The highest BCUT2D eigenvalue weighted by Gasteiger charge is 2.45. The number of piperidine rings is 2. The summed E-state index contributed by atoms with van der Waals surface area (Å²) in [6, 6.07) is 10.7. The fraction of sp³-hybridized carbons (Fsp3) is 0.477. The number of aliphatic hydroxyl groups is 1. The van der Waals surface area contributed by atoms with Crippen molar-refractivity contribution in [2.75, 3.05) is 36.8 Å². The number of pyridine rings is 1. The van der Waals surface area contributed by atoms with Crippen LogP contribution in [0.4, 0.5) is 24.5 Å². The molecule has 0 bridgehead atoms. The van der Waals surface area contributed by atoms with Gasteiger partial charge in [-0.15, -0.1) is 11.3 Å². The van der Waals surface area contributed by atoms with Crippen LogP contribution in [-0.4, -0.2) is 86.6 Å². The molecule has 17 heteroatoms. The van der Waals surface area contributed by atoms with Crippen LogP contribution < -0.4 is 16.0 Å². The van der Waals surface area contributed by atoms with Crippen molar-refractivity contribution in [2.45, 2.75) is 95.4 Å². The Morgan fingerprint density at radius 1 is 0.902 bits per heavy atom. The Labute approximate surface area is 354 Å². The lowest BCUT2D eigenvalue weighted by Gasteiger charge is -2.36. The molecule has 4 aromatic rings. The molecular formula is C44H48F3N7O6S. The van der Waals surface area contributed by atoms with Gasteiger partial charge in [0.2, 0.25) is 11.8 Å². The Bertz CT molecular complexity index is 2380. The summed E-state index contributed by atoms with van der Waals surface area (Å²) >= 11 is 1.54. The summed E-state index contributed by atoms with van der Waals surface area (Å²) in [5.41, 5.74) is -0.423. The Morgan fingerprint density at radius 2 is 1.64 bits per heavy atom. The number of carbonyl (C=O) groups excluding carboxylic acids is 5. The third kappa shape index (κ3) is 9.05. The highest BCUT2D eigenvalue weighted by Crippen LogP contribution is 2.42. The van der Waals surface area contributed by atoms with Gasteiger partial charge in [-0.25, -0.2) is 9.97 Å². The zero-order chi connectivity index (χ0) is 43.2. The van der Waals surface area contributed by atoms with E-state index < -0.39 is 53.0 Å². The topological polar surface area (TPSA) is 174 Å². The van der Waals surface area contributed by atoms with E-state index in [0.29, 0.717) is 35.1 Å². The summed E-state index contributed by atoms with van der Waals surface area (Å²) in [4.78, 5) is 75.9. The number of rotatable bonds is 11. The molecule has 0 radical (unpaired) electrons. The second-order valence-corrected chi connectivity index (χ2v) is 18.3. The summed E-state index contributed by atoms with van der Waals surface area (Å²) < 4.78 is 40.6. The van der Waals surface area contributed by atoms with Gasteiger partial charge in [-0.05, 0) is 127 Å². The average Bonchev–Trinajstić information content (AvgIpc) is 3.75. The molecule has 0 unspecified atom stereocenters. The second-order valence-electron chi connectivity index (χ2n) is 17.2. The summed E-state index contributed by atoms with van der Waals surface area (Å²) in [5.74, 6) is -1.50. The summed E-state index contributed by atoms with van der Waals surface area (Å²) in [5, 5.41) is 20.3. The van der Waals surface area contributed by atoms with Crippen molar-refractivity contribution >= 4 is 62.5 Å². The van der Waals surface area contributed by atoms with Crippen molar-refractivity contribution in [2.24, 2.45) is 11.8 Å². The van der Waals surface area contributed by atoms with E-state index in [1.54, 1.807) is 44.2 Å². The number of nitrogens with zero attached hydrogens (tertiary/aromatic N) is 4. The smallest absolute Gasteiger partial charge is 0.386 e. The Balaban J connectivity index is 0.811. The van der Waals surface area contributed by atoms with Gasteiger partial charge in [0.05, 0.1) is 32.0 Å². The minimum atomic E-state index is -4.69. The van der Waals surface area contributed by atoms with E-state index in [1.807, 2.05) is 0 Å². The number of halogens is 3. The van der Waals surface area contributed by atoms with Gasteiger partial charge in [0.1, 0.15) is 17.4 Å². The molecule has 13 nitrogen and oxygen atoms in total. The average molecular weight is 860 g/mol. The zero-order valence-electron chi connectivity index (χ0n) is 33.9. The number of thiazole rings is 1. The Hall–Kier alpha value is -5.26. The van der Waals surface area contributed by atoms with Crippen molar-refractivity contribution in [3.8, 4) is 0 Å². The number of carbonyl (C=O) groups is 5. The van der Waals surface area contributed by atoms with E-state index in [0.717, 1.165) is 91.3 Å². The normalized spacial score (nSPS) is 21.8. The molecule has 3 fully saturated rings. The number of hydrogen-bond acceptors (Lipinski definition) is 11. The molecule has 5 amide bonds. The fourth-order valence-electron chi connectivity index (χ4n) is 9.17. The van der Waals surface area contributed by atoms with Gasteiger partial charge in [0.15, 0.2) is 0 Å². The highest BCUT2D eigenvalue weighted by molar-refractivity contribution is 7.18. The predicted octanol–water partition coefficient (Wildman–Crippen LogP) is 7.08. The molecule has 2 aromatic carbocycles. The van der Waals surface area contributed by atoms with E-state index in [4.69, 9.17) is 4.98 Å². The van der Waals surface area contributed by atoms with Crippen LogP contribution in [0.15, 0.2) is 48.5 Å². The number of alkyl halides is 3. The lowest BCUT2D eigenvalue weighted by Crippen LogP contribution is -2.54. The van der Waals surface area contributed by atoms with Gasteiger partial charge in [-0.2, -0.15) is 13.2 Å². The lowest BCUT2D eigenvalue weighted by atomic mass is 9.81. The molecule has 3 aliphatic heterocycles. The zero-order valence-corrected chi connectivity index (χ0v) is 34.8. The molecule has 2 aromatic heterocycles. The van der Waals surface area contributed by atoms with Crippen molar-refractivity contribution in [3.05, 3.63) is 81.6 Å². The van der Waals surface area contributed by atoms with Crippen molar-refractivity contribution in [3.63, 3.8) is 0 Å². The first-order chi connectivity index (χ1) is 29.0. The number of benzene rings is 2. The van der Waals surface area contributed by atoms with Crippen molar-refractivity contribution in [1.29, 1.82) is 0 Å². The SMILES string of the molecule is CC(C)(O)c1cc2nc([C@H]3CC[C@H](CN4CCC(CCNc5cccc6c5C(=O)N([C@@H]5CCC(=O)NC5=O)C6=O)CC4)CC3)sc2cc1NC(=O)c1cccc(C(F)(F)F)n1. The van der Waals surface area contributed by atoms with E-state index in [2.05, 4.69) is 25.8 Å². The van der Waals surface area contributed by atoms with Gasteiger partial charge in [-0.1, -0.05) is 12.1 Å². The molecule has 8 rings (SSSR count).